The largest absolute Gasteiger partial charge is 0.494 e. The molecule has 1 N–H and O–H groups in total. The zero-order chi connectivity index (χ0) is 30.6. The van der Waals surface area contributed by atoms with E-state index in [0.29, 0.717) is 47.2 Å². The Morgan fingerprint density at radius 3 is 2.73 bits per heavy atom. The highest BCUT2D eigenvalue weighted by molar-refractivity contribution is 6.32. The van der Waals surface area contributed by atoms with Gasteiger partial charge in [0.1, 0.15) is 30.3 Å². The van der Waals surface area contributed by atoms with Gasteiger partial charge in [-0.05, 0) is 67.1 Å². The van der Waals surface area contributed by atoms with E-state index in [0.717, 1.165) is 53.6 Å². The lowest BCUT2D eigenvalue weighted by molar-refractivity contribution is 0.0662. The number of pyridine rings is 1. The third-order valence-electron chi connectivity index (χ3n) is 8.27. The van der Waals surface area contributed by atoms with E-state index in [1.165, 1.54) is 13.3 Å². The van der Waals surface area contributed by atoms with Crippen molar-refractivity contribution in [3.8, 4) is 34.4 Å². The van der Waals surface area contributed by atoms with Crippen LogP contribution in [0.4, 0.5) is 4.39 Å². The summed E-state index contributed by atoms with van der Waals surface area (Å²) in [5, 5.41) is 20.0. The summed E-state index contributed by atoms with van der Waals surface area (Å²) in [6.45, 7) is 2.22. The van der Waals surface area contributed by atoms with Crippen LogP contribution in [0.1, 0.15) is 53.2 Å². The third kappa shape index (κ3) is 6.36. The van der Waals surface area contributed by atoms with Crippen molar-refractivity contribution in [2.75, 3.05) is 20.2 Å². The number of aliphatic hydroxyl groups excluding tert-OH is 1. The highest BCUT2D eigenvalue weighted by Gasteiger charge is 2.29. The number of benzene rings is 3. The van der Waals surface area contributed by atoms with Crippen LogP contribution in [-0.2, 0) is 19.6 Å². The molecule has 6 rings (SSSR count). The van der Waals surface area contributed by atoms with Gasteiger partial charge in [0.05, 0.1) is 23.8 Å². The van der Waals surface area contributed by atoms with Crippen LogP contribution in [0.2, 0.25) is 5.02 Å². The standard InChI is InChI=1S/C35H33ClFN3O4/c1-42-32-9-3-8-29(35(32)37)26-6-2-7-28-27(26)10-11-31(28)44-34-15-33(43-21-23-13-22(16-38)17-39-18-23)24(14-30(34)36)19-40-12-4-5-25(41)20-40/h2-3,6-9,13-15,17-18,25,31,41H,4-5,10-12,19-21H2,1H3/t25-,31+/m1/s1. The average Bonchev–Trinajstić information content (AvgIpc) is 3.45. The Kier molecular flexibility index (Phi) is 8.99. The summed E-state index contributed by atoms with van der Waals surface area (Å²) < 4.78 is 33.3. The number of fused-ring (bicyclic) bond motifs is 1. The van der Waals surface area contributed by atoms with Crippen LogP contribution in [0.25, 0.3) is 11.1 Å². The highest BCUT2D eigenvalue weighted by atomic mass is 35.5. The smallest absolute Gasteiger partial charge is 0.172 e. The maximum Gasteiger partial charge on any atom is 0.172 e. The van der Waals surface area contributed by atoms with Gasteiger partial charge in [0.2, 0.25) is 0 Å². The number of nitriles is 1. The van der Waals surface area contributed by atoms with Gasteiger partial charge in [0.15, 0.2) is 11.6 Å². The number of β-amino-alcohol motifs (C(OH)–C–C–N with tert-alkyl or cyclic N) is 1. The first-order chi connectivity index (χ1) is 21.4. The van der Waals surface area contributed by atoms with Crippen molar-refractivity contribution >= 4 is 11.6 Å². The fraction of sp³-hybridized carbons (Fsp3) is 0.314. The lowest BCUT2D eigenvalue weighted by Gasteiger charge is -2.30. The predicted molar refractivity (Wildman–Crippen MR) is 165 cm³/mol. The van der Waals surface area contributed by atoms with Crippen LogP contribution in [0.3, 0.4) is 0 Å². The first-order valence-electron chi connectivity index (χ1n) is 14.7. The zero-order valence-corrected chi connectivity index (χ0v) is 25.2. The maximum atomic E-state index is 15.2. The van der Waals surface area contributed by atoms with E-state index < -0.39 is 0 Å². The van der Waals surface area contributed by atoms with Crippen molar-refractivity contribution < 1.29 is 23.7 Å². The molecular formula is C35H33ClFN3O4. The lowest BCUT2D eigenvalue weighted by atomic mass is 9.96. The van der Waals surface area contributed by atoms with E-state index in [2.05, 4.69) is 16.0 Å². The van der Waals surface area contributed by atoms with Gasteiger partial charge in [-0.25, -0.2) is 4.39 Å². The molecule has 44 heavy (non-hydrogen) atoms. The van der Waals surface area contributed by atoms with E-state index >= 15 is 4.39 Å². The van der Waals surface area contributed by atoms with Crippen LogP contribution < -0.4 is 14.2 Å². The molecule has 0 amide bonds. The number of hydrogen-bond acceptors (Lipinski definition) is 7. The molecule has 1 fully saturated rings. The first kappa shape index (κ1) is 29.9. The number of methoxy groups -OCH3 is 1. The van der Waals surface area contributed by atoms with Gasteiger partial charge < -0.3 is 19.3 Å². The van der Waals surface area contributed by atoms with Gasteiger partial charge in [0.25, 0.3) is 0 Å². The summed E-state index contributed by atoms with van der Waals surface area (Å²) in [6, 6.07) is 18.6. The minimum atomic E-state index is -0.384. The first-order valence-corrected chi connectivity index (χ1v) is 15.1. The number of aromatic nitrogens is 1. The van der Waals surface area contributed by atoms with E-state index in [1.807, 2.05) is 30.3 Å². The molecule has 1 saturated heterocycles. The summed E-state index contributed by atoms with van der Waals surface area (Å²) in [6.07, 6.45) is 5.71. The summed E-state index contributed by atoms with van der Waals surface area (Å²) in [7, 11) is 1.46. The van der Waals surface area contributed by atoms with Crippen LogP contribution in [-0.4, -0.2) is 41.3 Å². The van der Waals surface area contributed by atoms with E-state index in [1.54, 1.807) is 30.5 Å². The summed E-state index contributed by atoms with van der Waals surface area (Å²) in [5.74, 6) is 0.922. The molecule has 2 atom stereocenters. The van der Waals surface area contributed by atoms with Gasteiger partial charge in [-0.2, -0.15) is 5.26 Å². The lowest BCUT2D eigenvalue weighted by Crippen LogP contribution is -2.37. The molecule has 0 bridgehead atoms. The number of aliphatic hydroxyl groups is 1. The van der Waals surface area contributed by atoms with Crippen molar-refractivity contribution in [2.45, 2.75) is 51.0 Å². The Hall–Kier alpha value is -4.16. The third-order valence-corrected chi connectivity index (χ3v) is 8.56. The fourth-order valence-corrected chi connectivity index (χ4v) is 6.38. The van der Waals surface area contributed by atoms with Gasteiger partial charge in [-0.3, -0.25) is 9.88 Å². The van der Waals surface area contributed by atoms with Crippen molar-refractivity contribution in [3.05, 3.63) is 106 Å². The topological polar surface area (TPSA) is 87.8 Å². The molecule has 1 aliphatic heterocycles. The van der Waals surface area contributed by atoms with Gasteiger partial charge in [0, 0.05) is 48.2 Å². The molecule has 3 aromatic carbocycles. The zero-order valence-electron chi connectivity index (χ0n) is 24.4. The Morgan fingerprint density at radius 1 is 1.07 bits per heavy atom. The number of hydrogen-bond donors (Lipinski definition) is 1. The van der Waals surface area contributed by atoms with Crippen molar-refractivity contribution in [3.63, 3.8) is 0 Å². The Morgan fingerprint density at radius 2 is 1.91 bits per heavy atom. The van der Waals surface area contributed by atoms with Crippen LogP contribution >= 0.6 is 11.6 Å². The average molecular weight is 614 g/mol. The van der Waals surface area contributed by atoms with Crippen molar-refractivity contribution in [1.82, 2.24) is 9.88 Å². The molecule has 4 aromatic rings. The molecule has 2 heterocycles. The quantitative estimate of drug-likeness (QED) is 0.217. The minimum Gasteiger partial charge on any atom is -0.494 e. The van der Waals surface area contributed by atoms with Gasteiger partial charge in [-0.1, -0.05) is 41.9 Å². The Labute approximate surface area is 261 Å². The normalized spacial score (nSPS) is 18.0. The van der Waals surface area contributed by atoms with Crippen LogP contribution in [0.5, 0.6) is 17.2 Å². The van der Waals surface area contributed by atoms with Crippen molar-refractivity contribution in [1.29, 1.82) is 5.26 Å². The number of halogens is 2. The molecule has 0 unspecified atom stereocenters. The molecule has 0 saturated carbocycles. The second kappa shape index (κ2) is 13.2. The predicted octanol–water partition coefficient (Wildman–Crippen LogP) is 7.02. The number of ether oxygens (including phenoxy) is 3. The number of piperidine rings is 1. The molecule has 9 heteroatoms. The summed E-state index contributed by atoms with van der Waals surface area (Å²) >= 11 is 6.83. The molecule has 0 spiro atoms. The minimum absolute atomic E-state index is 0.208. The Bertz CT molecular complexity index is 1710. The molecule has 1 aromatic heterocycles. The molecule has 0 radical (unpaired) electrons. The SMILES string of the molecule is COc1cccc(-c2cccc3c2CC[C@@H]3Oc2cc(OCc3cncc(C#N)c3)c(CN3CCC[C@@H](O)C3)cc2Cl)c1F. The Balaban J connectivity index is 1.29. The summed E-state index contributed by atoms with van der Waals surface area (Å²) in [5.41, 5.74) is 5.47. The number of likely N-dealkylation sites (tertiary alicyclic amines) is 1. The molecule has 1 aliphatic carbocycles. The van der Waals surface area contributed by atoms with E-state index in [9.17, 15) is 10.4 Å². The van der Waals surface area contributed by atoms with Crippen LogP contribution in [0, 0.1) is 17.1 Å². The molecule has 7 nitrogen and oxygen atoms in total. The number of nitrogens with zero attached hydrogens (tertiary/aromatic N) is 3. The van der Waals surface area contributed by atoms with Gasteiger partial charge >= 0.3 is 0 Å². The second-order valence-corrected chi connectivity index (χ2v) is 11.7. The van der Waals surface area contributed by atoms with Crippen LogP contribution in [0.15, 0.2) is 67.0 Å². The van der Waals surface area contributed by atoms with E-state index in [-0.39, 0.29) is 30.4 Å². The molecular weight excluding hydrogens is 581 g/mol. The van der Waals surface area contributed by atoms with Crippen molar-refractivity contribution in [2.24, 2.45) is 0 Å². The number of rotatable bonds is 9. The second-order valence-electron chi connectivity index (χ2n) is 11.2. The fourth-order valence-electron chi connectivity index (χ4n) is 6.15. The maximum absolute atomic E-state index is 15.2. The molecule has 226 valence electrons. The van der Waals surface area contributed by atoms with E-state index in [4.69, 9.17) is 25.8 Å². The highest BCUT2D eigenvalue weighted by Crippen LogP contribution is 2.44. The van der Waals surface area contributed by atoms with Gasteiger partial charge in [-0.15, -0.1) is 0 Å². The summed E-state index contributed by atoms with van der Waals surface area (Å²) in [4.78, 5) is 6.33. The molecule has 2 aliphatic rings. The monoisotopic (exact) mass is 613 g/mol.